The molecule has 0 amide bonds. The fourth-order valence-corrected chi connectivity index (χ4v) is 4.57. The number of Topliss-reactive ketones (excluding diaryl/α,β-unsaturated/α-hetero) is 1. The minimum Gasteiger partial charge on any atom is -0.307 e. The summed E-state index contributed by atoms with van der Waals surface area (Å²) in [6.07, 6.45) is -10.8. The zero-order valence-corrected chi connectivity index (χ0v) is 14.7. The fourth-order valence-electron chi connectivity index (χ4n) is 2.66. The quantitative estimate of drug-likeness (QED) is 0.690. The number of alkyl halides is 6. The number of halogens is 6. The Morgan fingerprint density at radius 2 is 1.74 bits per heavy atom. The third-order valence-electron chi connectivity index (χ3n) is 4.30. The maximum atomic E-state index is 12.7. The van der Waals surface area contributed by atoms with Crippen LogP contribution in [0.3, 0.4) is 0 Å². The second-order valence-corrected chi connectivity index (χ2v) is 8.62. The van der Waals surface area contributed by atoms with Gasteiger partial charge in [0.05, 0.1) is 28.7 Å². The molecule has 0 saturated heterocycles. The number of benzene rings is 1. The lowest BCUT2D eigenvalue weighted by atomic mass is 9.92. The van der Waals surface area contributed by atoms with Gasteiger partial charge in [0, 0.05) is 12.5 Å². The van der Waals surface area contributed by atoms with Gasteiger partial charge < -0.3 is 5.32 Å². The van der Waals surface area contributed by atoms with E-state index in [1.807, 2.05) is 0 Å². The van der Waals surface area contributed by atoms with E-state index in [-0.39, 0.29) is 25.4 Å². The lowest BCUT2D eigenvalue weighted by Crippen LogP contribution is -2.49. The average Bonchev–Trinajstić information content (AvgIpc) is 2.50. The highest BCUT2D eigenvalue weighted by Gasteiger charge is 2.40. The zero-order valence-electron chi connectivity index (χ0n) is 13.9. The SMILES string of the molecule is O=C(CCC(F)(F)F)CNC1CC(S(=O)(=O)c2cccc(C(F)(F)F)c2)C1. The van der Waals surface area contributed by atoms with E-state index >= 15 is 0 Å². The molecule has 4 nitrogen and oxygen atoms in total. The first kappa shape index (κ1) is 21.7. The zero-order chi connectivity index (χ0) is 20.5. The van der Waals surface area contributed by atoms with Crippen molar-refractivity contribution in [2.45, 2.75) is 54.2 Å². The van der Waals surface area contributed by atoms with Crippen LogP contribution in [-0.2, 0) is 20.8 Å². The van der Waals surface area contributed by atoms with Crippen molar-refractivity contribution >= 4 is 15.6 Å². The van der Waals surface area contributed by atoms with Crippen molar-refractivity contribution in [2.75, 3.05) is 6.54 Å². The highest BCUT2D eigenvalue weighted by Crippen LogP contribution is 2.35. The summed E-state index contributed by atoms with van der Waals surface area (Å²) in [4.78, 5) is 10.9. The molecule has 0 atom stereocenters. The molecule has 0 spiro atoms. The van der Waals surface area contributed by atoms with Gasteiger partial charge in [0.2, 0.25) is 0 Å². The summed E-state index contributed by atoms with van der Waals surface area (Å²) in [6.45, 7) is -0.308. The van der Waals surface area contributed by atoms with E-state index in [4.69, 9.17) is 0 Å². The molecule has 0 aliphatic heterocycles. The van der Waals surface area contributed by atoms with Gasteiger partial charge in [0.25, 0.3) is 0 Å². The van der Waals surface area contributed by atoms with Gasteiger partial charge in [0.15, 0.2) is 9.84 Å². The number of nitrogens with one attached hydrogen (secondary N) is 1. The molecule has 152 valence electrons. The molecule has 1 N–H and O–H groups in total. The number of ketones is 1. The van der Waals surface area contributed by atoms with Gasteiger partial charge in [-0.15, -0.1) is 0 Å². The third kappa shape index (κ3) is 5.93. The van der Waals surface area contributed by atoms with E-state index in [0.717, 1.165) is 18.2 Å². The summed E-state index contributed by atoms with van der Waals surface area (Å²) in [6, 6.07) is 3.08. The Morgan fingerprint density at radius 3 is 2.30 bits per heavy atom. The molecular formula is C16H17F6NO3S. The Kier molecular flexibility index (Phi) is 6.25. The molecule has 1 fully saturated rings. The molecule has 2 rings (SSSR count). The molecule has 0 bridgehead atoms. The van der Waals surface area contributed by atoms with Gasteiger partial charge in [-0.3, -0.25) is 4.79 Å². The van der Waals surface area contributed by atoms with Crippen molar-refractivity contribution in [1.29, 1.82) is 0 Å². The Labute approximate surface area is 151 Å². The lowest BCUT2D eigenvalue weighted by molar-refractivity contribution is -0.143. The molecule has 27 heavy (non-hydrogen) atoms. The first-order chi connectivity index (χ1) is 12.3. The van der Waals surface area contributed by atoms with Crippen LogP contribution in [0.25, 0.3) is 0 Å². The summed E-state index contributed by atoms with van der Waals surface area (Å²) >= 11 is 0. The second-order valence-electron chi connectivity index (χ2n) is 6.40. The molecule has 1 aliphatic carbocycles. The molecule has 1 saturated carbocycles. The monoisotopic (exact) mass is 417 g/mol. The largest absolute Gasteiger partial charge is 0.416 e. The summed E-state index contributed by atoms with van der Waals surface area (Å²) in [5.41, 5.74) is -1.06. The first-order valence-electron chi connectivity index (χ1n) is 8.02. The van der Waals surface area contributed by atoms with Crippen molar-refractivity contribution in [3.8, 4) is 0 Å². The smallest absolute Gasteiger partial charge is 0.307 e. The molecular weight excluding hydrogens is 400 g/mol. The van der Waals surface area contributed by atoms with Gasteiger partial charge in [-0.25, -0.2) is 8.42 Å². The van der Waals surface area contributed by atoms with Crippen LogP contribution < -0.4 is 5.32 Å². The summed E-state index contributed by atoms with van der Waals surface area (Å²) in [5.74, 6) is -0.642. The number of hydrogen-bond acceptors (Lipinski definition) is 4. The van der Waals surface area contributed by atoms with Crippen LogP contribution in [0.4, 0.5) is 26.3 Å². The summed E-state index contributed by atoms with van der Waals surface area (Å²) in [5, 5.41) is 1.78. The van der Waals surface area contributed by atoms with Crippen LogP contribution in [-0.4, -0.2) is 38.2 Å². The molecule has 0 unspecified atom stereocenters. The first-order valence-corrected chi connectivity index (χ1v) is 9.56. The van der Waals surface area contributed by atoms with Crippen LogP contribution >= 0.6 is 0 Å². The number of sulfone groups is 1. The van der Waals surface area contributed by atoms with Crippen LogP contribution in [0.1, 0.15) is 31.2 Å². The van der Waals surface area contributed by atoms with Gasteiger partial charge in [-0.1, -0.05) is 6.07 Å². The van der Waals surface area contributed by atoms with Crippen LogP contribution in [0.15, 0.2) is 29.2 Å². The van der Waals surface area contributed by atoms with E-state index in [0.29, 0.717) is 6.07 Å². The molecule has 1 aliphatic rings. The lowest BCUT2D eigenvalue weighted by Gasteiger charge is -2.35. The summed E-state index contributed by atoms with van der Waals surface area (Å²) < 4.78 is 99.1. The number of carbonyl (C=O) groups is 1. The van der Waals surface area contributed by atoms with Crippen molar-refractivity contribution < 1.29 is 39.6 Å². The van der Waals surface area contributed by atoms with Gasteiger partial charge >= 0.3 is 12.4 Å². The van der Waals surface area contributed by atoms with E-state index in [1.54, 1.807) is 0 Å². The highest BCUT2D eigenvalue weighted by atomic mass is 32.2. The van der Waals surface area contributed by atoms with E-state index in [9.17, 15) is 39.6 Å². The van der Waals surface area contributed by atoms with Gasteiger partial charge in [-0.05, 0) is 31.0 Å². The van der Waals surface area contributed by atoms with Crippen molar-refractivity contribution in [3.63, 3.8) is 0 Å². The van der Waals surface area contributed by atoms with Crippen LogP contribution in [0.2, 0.25) is 0 Å². The highest BCUT2D eigenvalue weighted by molar-refractivity contribution is 7.92. The topological polar surface area (TPSA) is 63.2 Å². The Morgan fingerprint density at radius 1 is 1.11 bits per heavy atom. The molecule has 1 aromatic rings. The normalized spacial score (nSPS) is 21.0. The molecule has 11 heteroatoms. The van der Waals surface area contributed by atoms with Gasteiger partial charge in [0.1, 0.15) is 5.78 Å². The van der Waals surface area contributed by atoms with E-state index < -0.39 is 56.5 Å². The maximum absolute atomic E-state index is 12.7. The third-order valence-corrected chi connectivity index (χ3v) is 6.47. The Balaban J connectivity index is 1.87. The van der Waals surface area contributed by atoms with Crippen LogP contribution in [0.5, 0.6) is 0 Å². The average molecular weight is 417 g/mol. The molecule has 1 aromatic carbocycles. The van der Waals surface area contributed by atoms with E-state index in [2.05, 4.69) is 5.32 Å². The van der Waals surface area contributed by atoms with Crippen molar-refractivity contribution in [3.05, 3.63) is 29.8 Å². The van der Waals surface area contributed by atoms with Gasteiger partial charge in [-0.2, -0.15) is 26.3 Å². The van der Waals surface area contributed by atoms with Crippen molar-refractivity contribution in [1.82, 2.24) is 5.32 Å². The Bertz CT molecular complexity index is 782. The number of hydrogen-bond donors (Lipinski definition) is 1. The predicted molar refractivity (Wildman–Crippen MR) is 83.7 cm³/mol. The fraction of sp³-hybridized carbons (Fsp3) is 0.562. The second kappa shape index (κ2) is 7.78. The summed E-state index contributed by atoms with van der Waals surface area (Å²) in [7, 11) is -3.96. The molecule has 0 aromatic heterocycles. The van der Waals surface area contributed by atoms with Crippen LogP contribution in [0, 0.1) is 0 Å². The van der Waals surface area contributed by atoms with E-state index in [1.165, 1.54) is 0 Å². The minimum absolute atomic E-state index is 0.0745. The molecule has 0 heterocycles. The number of carbonyl (C=O) groups excluding carboxylic acids is 1. The predicted octanol–water partition coefficient (Wildman–Crippen LogP) is 3.51. The Hall–Kier alpha value is -1.62. The molecule has 0 radical (unpaired) electrons. The maximum Gasteiger partial charge on any atom is 0.416 e. The van der Waals surface area contributed by atoms with Crippen molar-refractivity contribution in [2.24, 2.45) is 0 Å². The number of rotatable bonds is 7. The minimum atomic E-state index is -4.66. The standard InChI is InChI=1S/C16H17F6NO3S/c17-15(18,19)5-4-12(24)9-23-11-7-14(8-11)27(25,26)13-3-1-2-10(6-13)16(20,21)22/h1-3,6,11,14,23H,4-5,7-9H2.